The Morgan fingerprint density at radius 1 is 1.14 bits per heavy atom. The molecule has 0 fully saturated rings. The van der Waals surface area contributed by atoms with Gasteiger partial charge < -0.3 is 5.32 Å². The van der Waals surface area contributed by atoms with Crippen LogP contribution in [0.3, 0.4) is 0 Å². The summed E-state index contributed by atoms with van der Waals surface area (Å²) in [5.41, 5.74) is 1.24. The van der Waals surface area contributed by atoms with E-state index in [4.69, 9.17) is 11.6 Å². The highest BCUT2D eigenvalue weighted by atomic mass is 35.5. The van der Waals surface area contributed by atoms with E-state index in [1.54, 1.807) is 11.8 Å². The summed E-state index contributed by atoms with van der Waals surface area (Å²) >= 11 is 7.44. The molecule has 2 nitrogen and oxygen atoms in total. The average Bonchev–Trinajstić information content (AvgIpc) is 2.54. The first-order chi connectivity index (χ1) is 10.6. The quantitative estimate of drug-likeness (QED) is 0.594. The lowest BCUT2D eigenvalue weighted by Gasteiger charge is -2.12. The lowest BCUT2D eigenvalue weighted by Crippen LogP contribution is -2.31. The van der Waals surface area contributed by atoms with E-state index in [9.17, 15) is 4.79 Å². The smallest absolute Gasteiger partial charge is 0.233 e. The third-order valence-electron chi connectivity index (χ3n) is 3.28. The van der Waals surface area contributed by atoms with Crippen molar-refractivity contribution in [3.8, 4) is 0 Å². The first-order valence-corrected chi connectivity index (χ1v) is 8.65. The highest BCUT2D eigenvalue weighted by Crippen LogP contribution is 2.22. The Morgan fingerprint density at radius 2 is 1.82 bits per heavy atom. The van der Waals surface area contributed by atoms with Crippen LogP contribution in [-0.2, 0) is 11.2 Å². The highest BCUT2D eigenvalue weighted by molar-refractivity contribution is 8.00. The standard InChI is InChI=1S/C18H20ClNOS/c1-14(22-17-7-3-2-4-8-17)18(21)20-13-5-6-15-9-11-16(19)12-10-15/h2-4,7-12,14H,5-6,13H2,1H3,(H,20,21)/t14-/m0/s1. The molecule has 0 saturated heterocycles. The van der Waals surface area contributed by atoms with Crippen LogP contribution in [0.25, 0.3) is 0 Å². The van der Waals surface area contributed by atoms with Gasteiger partial charge in [-0.3, -0.25) is 4.79 Å². The van der Waals surface area contributed by atoms with Crippen molar-refractivity contribution in [2.24, 2.45) is 0 Å². The zero-order chi connectivity index (χ0) is 15.8. The number of amides is 1. The molecule has 0 radical (unpaired) electrons. The van der Waals surface area contributed by atoms with Gasteiger partial charge in [0.2, 0.25) is 5.91 Å². The first-order valence-electron chi connectivity index (χ1n) is 7.39. The molecule has 1 N–H and O–H groups in total. The lowest BCUT2D eigenvalue weighted by atomic mass is 10.1. The minimum atomic E-state index is -0.0852. The zero-order valence-corrected chi connectivity index (χ0v) is 14.2. The monoisotopic (exact) mass is 333 g/mol. The van der Waals surface area contributed by atoms with Gasteiger partial charge in [-0.1, -0.05) is 41.9 Å². The van der Waals surface area contributed by atoms with Crippen molar-refractivity contribution in [2.45, 2.75) is 29.9 Å². The Hall–Kier alpha value is -1.45. The van der Waals surface area contributed by atoms with E-state index < -0.39 is 0 Å². The molecule has 4 heteroatoms. The van der Waals surface area contributed by atoms with Crippen molar-refractivity contribution in [3.05, 3.63) is 65.2 Å². The van der Waals surface area contributed by atoms with Crippen LogP contribution in [0.4, 0.5) is 0 Å². The summed E-state index contributed by atoms with van der Waals surface area (Å²) < 4.78 is 0. The lowest BCUT2D eigenvalue weighted by molar-refractivity contribution is -0.120. The fraction of sp³-hybridized carbons (Fsp3) is 0.278. The molecule has 2 aromatic carbocycles. The largest absolute Gasteiger partial charge is 0.355 e. The Bertz CT molecular complexity index is 586. The van der Waals surface area contributed by atoms with Gasteiger partial charge in [0.15, 0.2) is 0 Å². The van der Waals surface area contributed by atoms with E-state index in [1.165, 1.54) is 5.56 Å². The number of carbonyl (C=O) groups excluding carboxylic acids is 1. The highest BCUT2D eigenvalue weighted by Gasteiger charge is 2.13. The number of carbonyl (C=O) groups is 1. The zero-order valence-electron chi connectivity index (χ0n) is 12.6. The Balaban J connectivity index is 1.67. The Labute approximate surface area is 141 Å². The second kappa shape index (κ2) is 8.86. The minimum absolute atomic E-state index is 0.0852. The van der Waals surface area contributed by atoms with Gasteiger partial charge in [0.1, 0.15) is 0 Å². The van der Waals surface area contributed by atoms with Gasteiger partial charge >= 0.3 is 0 Å². The Kier molecular flexibility index (Phi) is 6.81. The molecule has 0 aromatic heterocycles. The van der Waals surface area contributed by atoms with Crippen LogP contribution in [0, 0.1) is 0 Å². The van der Waals surface area contributed by atoms with Crippen molar-refractivity contribution in [1.29, 1.82) is 0 Å². The molecule has 2 aromatic rings. The fourth-order valence-electron chi connectivity index (χ4n) is 2.06. The normalized spacial score (nSPS) is 11.9. The predicted octanol–water partition coefficient (Wildman–Crippen LogP) is 4.57. The summed E-state index contributed by atoms with van der Waals surface area (Å²) in [6.45, 7) is 2.63. The van der Waals surface area contributed by atoms with Gasteiger partial charge in [0, 0.05) is 16.5 Å². The van der Waals surface area contributed by atoms with Crippen molar-refractivity contribution < 1.29 is 4.79 Å². The van der Waals surface area contributed by atoms with Crippen LogP contribution >= 0.6 is 23.4 Å². The minimum Gasteiger partial charge on any atom is -0.355 e. The van der Waals surface area contributed by atoms with Gasteiger partial charge in [-0.2, -0.15) is 0 Å². The third kappa shape index (κ3) is 5.74. The second-order valence-corrected chi connectivity index (χ2v) is 6.94. The molecule has 1 atom stereocenters. The SMILES string of the molecule is C[C@H](Sc1ccccc1)C(=O)NCCCc1ccc(Cl)cc1. The number of nitrogens with one attached hydrogen (secondary N) is 1. The molecule has 0 saturated carbocycles. The van der Waals surface area contributed by atoms with Gasteiger partial charge in [0.25, 0.3) is 0 Å². The van der Waals surface area contributed by atoms with E-state index in [-0.39, 0.29) is 11.2 Å². The van der Waals surface area contributed by atoms with E-state index >= 15 is 0 Å². The van der Waals surface area contributed by atoms with Crippen LogP contribution in [0.2, 0.25) is 5.02 Å². The molecule has 2 rings (SSSR count). The molecule has 0 unspecified atom stereocenters. The number of halogens is 1. The van der Waals surface area contributed by atoms with Crippen molar-refractivity contribution in [3.63, 3.8) is 0 Å². The maximum atomic E-state index is 12.1. The third-order valence-corrected chi connectivity index (χ3v) is 4.64. The van der Waals surface area contributed by atoms with Gasteiger partial charge in [0.05, 0.1) is 5.25 Å². The van der Waals surface area contributed by atoms with E-state index in [0.29, 0.717) is 6.54 Å². The van der Waals surface area contributed by atoms with E-state index in [1.807, 2.05) is 61.5 Å². The number of aryl methyl sites for hydroxylation is 1. The maximum absolute atomic E-state index is 12.1. The van der Waals surface area contributed by atoms with Crippen LogP contribution < -0.4 is 5.32 Å². The number of benzene rings is 2. The average molecular weight is 334 g/mol. The van der Waals surface area contributed by atoms with Crippen LogP contribution in [0.15, 0.2) is 59.5 Å². The molecule has 0 aliphatic heterocycles. The maximum Gasteiger partial charge on any atom is 0.233 e. The van der Waals surface area contributed by atoms with E-state index in [0.717, 1.165) is 22.8 Å². The molecular weight excluding hydrogens is 314 g/mol. The first kappa shape index (κ1) is 16.9. The molecule has 116 valence electrons. The number of hydrogen-bond acceptors (Lipinski definition) is 2. The molecule has 0 heterocycles. The second-order valence-electron chi connectivity index (χ2n) is 5.09. The molecule has 0 aliphatic rings. The molecule has 0 bridgehead atoms. The van der Waals surface area contributed by atoms with Crippen molar-refractivity contribution in [1.82, 2.24) is 5.32 Å². The van der Waals surface area contributed by atoms with Gasteiger partial charge in [-0.05, 0) is 49.6 Å². The van der Waals surface area contributed by atoms with Crippen LogP contribution in [-0.4, -0.2) is 17.7 Å². The van der Waals surface area contributed by atoms with Gasteiger partial charge in [-0.25, -0.2) is 0 Å². The van der Waals surface area contributed by atoms with Gasteiger partial charge in [-0.15, -0.1) is 11.8 Å². The molecule has 1 amide bonds. The summed E-state index contributed by atoms with van der Waals surface area (Å²) in [5, 5.41) is 3.67. The summed E-state index contributed by atoms with van der Waals surface area (Å²) in [4.78, 5) is 13.2. The number of rotatable bonds is 7. The Morgan fingerprint density at radius 3 is 2.50 bits per heavy atom. The topological polar surface area (TPSA) is 29.1 Å². The summed E-state index contributed by atoms with van der Waals surface area (Å²) in [5.74, 6) is 0.0879. The van der Waals surface area contributed by atoms with Crippen LogP contribution in [0.1, 0.15) is 18.9 Å². The molecular formula is C18H20ClNOS. The summed E-state index contributed by atoms with van der Waals surface area (Å²) in [6, 6.07) is 17.8. The van der Waals surface area contributed by atoms with E-state index in [2.05, 4.69) is 5.32 Å². The number of thioether (sulfide) groups is 1. The summed E-state index contributed by atoms with van der Waals surface area (Å²) in [7, 11) is 0. The summed E-state index contributed by atoms with van der Waals surface area (Å²) in [6.07, 6.45) is 1.87. The predicted molar refractivity (Wildman–Crippen MR) is 94.5 cm³/mol. The fourth-order valence-corrected chi connectivity index (χ4v) is 3.09. The molecule has 22 heavy (non-hydrogen) atoms. The van der Waals surface area contributed by atoms with Crippen LogP contribution in [0.5, 0.6) is 0 Å². The molecule has 0 spiro atoms. The number of hydrogen-bond donors (Lipinski definition) is 1. The molecule has 0 aliphatic carbocycles. The van der Waals surface area contributed by atoms with Crippen molar-refractivity contribution in [2.75, 3.05) is 6.54 Å². The van der Waals surface area contributed by atoms with Crippen molar-refractivity contribution >= 4 is 29.3 Å².